The van der Waals surface area contributed by atoms with Crippen LogP contribution in [0, 0.1) is 4.77 Å². The number of ether oxygens (including phenoxy) is 1. The molecule has 4 rings (SSSR count). The molecule has 2 heterocycles. The Morgan fingerprint density at radius 1 is 1.12 bits per heavy atom. The fraction of sp³-hybridized carbons (Fsp3) is 0.222. The summed E-state index contributed by atoms with van der Waals surface area (Å²) in [6, 6.07) is 18.1. The highest BCUT2D eigenvalue weighted by atomic mass is 32.1. The van der Waals surface area contributed by atoms with Crippen molar-refractivity contribution in [3.8, 4) is 5.75 Å². The molecule has 0 aliphatic rings. The minimum atomic E-state index is 0.624. The zero-order valence-electron chi connectivity index (χ0n) is 13.8. The number of nitrogens with zero attached hydrogens (tertiary/aromatic N) is 4. The van der Waals surface area contributed by atoms with Gasteiger partial charge in [-0.2, -0.15) is 0 Å². The van der Waals surface area contributed by atoms with E-state index in [1.165, 1.54) is 4.70 Å². The summed E-state index contributed by atoms with van der Waals surface area (Å²) in [5.74, 6) is 0.890. The van der Waals surface area contributed by atoms with Crippen LogP contribution in [0.1, 0.15) is 0 Å². The van der Waals surface area contributed by atoms with Gasteiger partial charge in [0.05, 0.1) is 16.9 Å². The van der Waals surface area contributed by atoms with Crippen LogP contribution < -0.4 is 4.74 Å². The maximum Gasteiger partial charge on any atom is 0.216 e. The molecule has 25 heavy (non-hydrogen) atoms. The van der Waals surface area contributed by atoms with E-state index in [4.69, 9.17) is 17.0 Å². The molecule has 128 valence electrons. The van der Waals surface area contributed by atoms with Crippen LogP contribution >= 0.6 is 23.6 Å². The van der Waals surface area contributed by atoms with Crippen LogP contribution in [0.4, 0.5) is 0 Å². The minimum Gasteiger partial charge on any atom is -0.492 e. The van der Waals surface area contributed by atoms with Crippen molar-refractivity contribution in [3.05, 3.63) is 59.4 Å². The van der Waals surface area contributed by atoms with Crippen molar-refractivity contribution >= 4 is 38.7 Å². The summed E-state index contributed by atoms with van der Waals surface area (Å²) in [5, 5.41) is 4.67. The maximum absolute atomic E-state index is 5.75. The Morgan fingerprint density at radius 3 is 2.72 bits per heavy atom. The molecule has 0 aliphatic carbocycles. The average Bonchev–Trinajstić information content (AvgIpc) is 3.13. The zero-order valence-corrected chi connectivity index (χ0v) is 15.5. The number of rotatable bonds is 6. The van der Waals surface area contributed by atoms with E-state index in [0.717, 1.165) is 27.5 Å². The molecule has 2 aromatic heterocycles. The predicted octanol–water partition coefficient (Wildman–Crippen LogP) is 4.05. The van der Waals surface area contributed by atoms with E-state index >= 15 is 0 Å². The Balaban J connectivity index is 1.45. The summed E-state index contributed by atoms with van der Waals surface area (Å²) in [6.07, 6.45) is 0. The zero-order chi connectivity index (χ0) is 17.2. The Hall–Kier alpha value is -2.22. The molecule has 0 spiro atoms. The Bertz CT molecular complexity index is 1050. The van der Waals surface area contributed by atoms with Gasteiger partial charge in [-0.3, -0.25) is 9.30 Å². The highest BCUT2D eigenvalue weighted by Crippen LogP contribution is 2.25. The van der Waals surface area contributed by atoms with Gasteiger partial charge in [-0.1, -0.05) is 41.7 Å². The molecule has 0 fully saturated rings. The molecule has 0 saturated heterocycles. The molecule has 0 amide bonds. The second-order valence-electron chi connectivity index (χ2n) is 5.85. The monoisotopic (exact) mass is 370 g/mol. The molecule has 0 aliphatic heterocycles. The number of fused-ring (bicyclic) bond motifs is 3. The first-order valence-electron chi connectivity index (χ1n) is 8.06. The smallest absolute Gasteiger partial charge is 0.216 e. The fourth-order valence-corrected chi connectivity index (χ4v) is 4.08. The number of hydrogen-bond acceptors (Lipinski definition) is 5. The summed E-state index contributed by atoms with van der Waals surface area (Å²) in [4.78, 5) is 3.08. The van der Waals surface area contributed by atoms with Crippen LogP contribution in [0.5, 0.6) is 5.75 Å². The van der Waals surface area contributed by atoms with Crippen LogP contribution in [0.25, 0.3) is 15.2 Å². The van der Waals surface area contributed by atoms with E-state index in [9.17, 15) is 0 Å². The summed E-state index contributed by atoms with van der Waals surface area (Å²) in [5.41, 5.74) is 1.12. The largest absolute Gasteiger partial charge is 0.492 e. The molecule has 0 saturated carbocycles. The number of hydrogen-bond donors (Lipinski definition) is 0. The van der Waals surface area contributed by atoms with Crippen LogP contribution in [0.3, 0.4) is 0 Å². The van der Waals surface area contributed by atoms with Gasteiger partial charge in [-0.15, -0.1) is 5.10 Å². The quantitative estimate of drug-likeness (QED) is 0.480. The van der Waals surface area contributed by atoms with Gasteiger partial charge in [0.25, 0.3) is 0 Å². The molecule has 7 heteroatoms. The standard InChI is InChI=1S/C18H18N4OS2/c1-20(11-12-23-14-7-3-2-4-8-14)13-21-18(24)22-15-9-5-6-10-16(15)25-17(22)19-21/h2-10H,11-13H2,1H3. The molecule has 4 aromatic rings. The first-order chi connectivity index (χ1) is 12.2. The first kappa shape index (κ1) is 16.3. The third kappa shape index (κ3) is 3.30. The summed E-state index contributed by atoms with van der Waals surface area (Å²) >= 11 is 7.29. The normalized spacial score (nSPS) is 11.6. The van der Waals surface area contributed by atoms with Crippen LogP contribution in [-0.2, 0) is 6.67 Å². The topological polar surface area (TPSA) is 34.7 Å². The summed E-state index contributed by atoms with van der Waals surface area (Å²) in [7, 11) is 2.04. The second kappa shape index (κ2) is 6.95. The van der Waals surface area contributed by atoms with E-state index in [0.29, 0.717) is 13.3 Å². The van der Waals surface area contributed by atoms with Crippen molar-refractivity contribution in [1.82, 2.24) is 19.1 Å². The van der Waals surface area contributed by atoms with Crippen LogP contribution in [0.2, 0.25) is 0 Å². The van der Waals surface area contributed by atoms with Crippen molar-refractivity contribution in [2.45, 2.75) is 6.67 Å². The Labute approximate surface area is 154 Å². The van der Waals surface area contributed by atoms with Gasteiger partial charge >= 0.3 is 0 Å². The van der Waals surface area contributed by atoms with Crippen molar-refractivity contribution < 1.29 is 4.74 Å². The molecule has 5 nitrogen and oxygen atoms in total. The molecule has 0 bridgehead atoms. The first-order valence-corrected chi connectivity index (χ1v) is 9.28. The van der Waals surface area contributed by atoms with E-state index in [1.807, 2.05) is 58.6 Å². The Kier molecular flexibility index (Phi) is 4.52. The average molecular weight is 371 g/mol. The molecular weight excluding hydrogens is 352 g/mol. The van der Waals surface area contributed by atoms with Gasteiger partial charge < -0.3 is 4.74 Å². The van der Waals surface area contributed by atoms with Gasteiger partial charge in [-0.25, -0.2) is 4.68 Å². The van der Waals surface area contributed by atoms with E-state index in [1.54, 1.807) is 11.3 Å². The molecule has 2 aromatic carbocycles. The lowest BCUT2D eigenvalue weighted by Gasteiger charge is -2.16. The molecule has 0 unspecified atom stereocenters. The van der Waals surface area contributed by atoms with Crippen molar-refractivity contribution in [2.75, 3.05) is 20.2 Å². The predicted molar refractivity (Wildman–Crippen MR) is 104 cm³/mol. The third-order valence-corrected chi connectivity index (χ3v) is 5.38. The number of likely N-dealkylation sites (N-methyl/N-ethyl adjacent to an activating group) is 1. The molecule has 0 N–H and O–H groups in total. The summed E-state index contributed by atoms with van der Waals surface area (Å²) in [6.45, 7) is 2.06. The van der Waals surface area contributed by atoms with Gasteiger partial charge in [0.1, 0.15) is 12.4 Å². The highest BCUT2D eigenvalue weighted by Gasteiger charge is 2.11. The number of aromatic nitrogens is 3. The van der Waals surface area contributed by atoms with Crippen molar-refractivity contribution in [3.63, 3.8) is 0 Å². The van der Waals surface area contributed by atoms with Crippen molar-refractivity contribution in [2.24, 2.45) is 0 Å². The van der Waals surface area contributed by atoms with E-state index < -0.39 is 0 Å². The van der Waals surface area contributed by atoms with Gasteiger partial charge in [0.15, 0.2) is 0 Å². The molecule has 0 radical (unpaired) electrons. The Morgan fingerprint density at radius 2 is 1.88 bits per heavy atom. The second-order valence-corrected chi connectivity index (χ2v) is 7.23. The van der Waals surface area contributed by atoms with Gasteiger partial charge in [0, 0.05) is 6.54 Å². The van der Waals surface area contributed by atoms with Crippen molar-refractivity contribution in [1.29, 1.82) is 0 Å². The fourth-order valence-electron chi connectivity index (χ4n) is 2.71. The lowest BCUT2D eigenvalue weighted by atomic mass is 10.3. The van der Waals surface area contributed by atoms with Gasteiger partial charge in [-0.05, 0) is 43.5 Å². The number of para-hydroxylation sites is 2. The third-order valence-electron chi connectivity index (χ3n) is 3.98. The SMILES string of the molecule is CN(CCOc1ccccc1)Cn1nc2sc3ccccc3n2c1=S. The molecule has 0 atom stereocenters. The molecular formula is C18H18N4OS2. The number of benzene rings is 2. The van der Waals surface area contributed by atoms with E-state index in [-0.39, 0.29) is 0 Å². The van der Waals surface area contributed by atoms with Gasteiger partial charge in [0.2, 0.25) is 9.73 Å². The van der Waals surface area contributed by atoms with Crippen LogP contribution in [0.15, 0.2) is 54.6 Å². The van der Waals surface area contributed by atoms with Crippen LogP contribution in [-0.4, -0.2) is 39.3 Å². The highest BCUT2D eigenvalue weighted by molar-refractivity contribution is 7.71. The number of thiazole rings is 1. The van der Waals surface area contributed by atoms with E-state index in [2.05, 4.69) is 22.1 Å². The maximum atomic E-state index is 5.75. The lowest BCUT2D eigenvalue weighted by Crippen LogP contribution is -2.27. The summed E-state index contributed by atoms with van der Waals surface area (Å²) < 4.78 is 11.6. The lowest BCUT2D eigenvalue weighted by molar-refractivity contribution is 0.198. The minimum absolute atomic E-state index is 0.624.